The van der Waals surface area contributed by atoms with Crippen LogP contribution in [0.4, 0.5) is 10.1 Å². The number of anilines is 1. The summed E-state index contributed by atoms with van der Waals surface area (Å²) < 4.78 is 19.3. The molecule has 2 aromatic rings. The van der Waals surface area contributed by atoms with Crippen molar-refractivity contribution in [3.8, 4) is 11.1 Å². The van der Waals surface area contributed by atoms with Crippen LogP contribution in [0.1, 0.15) is 19.4 Å². The van der Waals surface area contributed by atoms with E-state index in [1.54, 1.807) is 6.07 Å². The van der Waals surface area contributed by atoms with Crippen molar-refractivity contribution >= 4 is 23.2 Å². The molecule has 0 saturated carbocycles. The first-order chi connectivity index (χ1) is 10.4. The molecule has 22 heavy (non-hydrogen) atoms. The number of fused-ring (bicyclic) bond motifs is 1. The van der Waals surface area contributed by atoms with Gasteiger partial charge in [0.25, 0.3) is 0 Å². The summed E-state index contributed by atoms with van der Waals surface area (Å²) in [4.78, 5) is 11.7. The van der Waals surface area contributed by atoms with Crippen molar-refractivity contribution in [2.24, 2.45) is 0 Å². The summed E-state index contributed by atoms with van der Waals surface area (Å²) in [6, 6.07) is 10.2. The lowest BCUT2D eigenvalue weighted by atomic mass is 9.92. The Kier molecular flexibility index (Phi) is 3.67. The maximum atomic E-state index is 13.7. The van der Waals surface area contributed by atoms with E-state index >= 15 is 0 Å². The molecule has 0 bridgehead atoms. The molecular weight excluding hydrogens is 305 g/mol. The highest BCUT2D eigenvalue weighted by atomic mass is 35.5. The van der Waals surface area contributed by atoms with Crippen LogP contribution in [-0.2, 0) is 15.1 Å². The van der Waals surface area contributed by atoms with Crippen LogP contribution in [0.15, 0.2) is 36.4 Å². The lowest BCUT2D eigenvalue weighted by Crippen LogP contribution is -2.22. The van der Waals surface area contributed by atoms with Crippen LogP contribution in [0.5, 0.6) is 0 Å². The van der Waals surface area contributed by atoms with Crippen molar-refractivity contribution in [1.82, 2.24) is 0 Å². The molecule has 0 fully saturated rings. The third kappa shape index (κ3) is 2.72. The minimum absolute atomic E-state index is 0.00653. The van der Waals surface area contributed by atoms with E-state index < -0.39 is 11.4 Å². The van der Waals surface area contributed by atoms with E-state index in [2.05, 4.69) is 5.32 Å². The molecule has 1 amide bonds. The van der Waals surface area contributed by atoms with E-state index in [9.17, 15) is 9.18 Å². The highest BCUT2D eigenvalue weighted by molar-refractivity contribution is 6.30. The van der Waals surface area contributed by atoms with Crippen LogP contribution in [0.2, 0.25) is 5.02 Å². The van der Waals surface area contributed by atoms with Crippen LogP contribution in [-0.4, -0.2) is 12.5 Å². The number of benzene rings is 2. The second-order valence-electron chi connectivity index (χ2n) is 5.74. The van der Waals surface area contributed by atoms with E-state index in [0.717, 1.165) is 16.7 Å². The van der Waals surface area contributed by atoms with Gasteiger partial charge in [-0.2, -0.15) is 0 Å². The van der Waals surface area contributed by atoms with Gasteiger partial charge in [0, 0.05) is 11.3 Å². The molecular formula is C17H15ClFNO2. The Morgan fingerprint density at radius 1 is 1.18 bits per heavy atom. The van der Waals surface area contributed by atoms with Gasteiger partial charge >= 0.3 is 0 Å². The van der Waals surface area contributed by atoms with Crippen molar-refractivity contribution in [2.45, 2.75) is 19.4 Å². The highest BCUT2D eigenvalue weighted by Gasteiger charge is 2.29. The Balaban J connectivity index is 2.11. The van der Waals surface area contributed by atoms with Gasteiger partial charge in [0.05, 0.1) is 10.6 Å². The Hall–Kier alpha value is -1.91. The molecule has 2 aromatic carbocycles. The molecule has 3 rings (SSSR count). The topological polar surface area (TPSA) is 38.3 Å². The van der Waals surface area contributed by atoms with E-state index in [4.69, 9.17) is 16.3 Å². The molecule has 0 aliphatic carbocycles. The summed E-state index contributed by atoms with van der Waals surface area (Å²) in [5.74, 6) is -0.643. The maximum absolute atomic E-state index is 13.7. The number of rotatable bonds is 1. The van der Waals surface area contributed by atoms with Gasteiger partial charge in [-0.3, -0.25) is 4.79 Å². The zero-order chi connectivity index (χ0) is 15.9. The van der Waals surface area contributed by atoms with Crippen molar-refractivity contribution in [1.29, 1.82) is 0 Å². The van der Waals surface area contributed by atoms with Crippen molar-refractivity contribution in [3.63, 3.8) is 0 Å². The number of hydrogen-bond donors (Lipinski definition) is 1. The third-order valence-corrected chi connectivity index (χ3v) is 4.07. The highest BCUT2D eigenvalue weighted by Crippen LogP contribution is 2.36. The first-order valence-corrected chi connectivity index (χ1v) is 7.28. The summed E-state index contributed by atoms with van der Waals surface area (Å²) in [5, 5.41) is 2.91. The van der Waals surface area contributed by atoms with E-state index in [0.29, 0.717) is 5.69 Å². The second-order valence-corrected chi connectivity index (χ2v) is 6.14. The molecule has 0 saturated heterocycles. The molecule has 5 heteroatoms. The molecule has 0 spiro atoms. The van der Waals surface area contributed by atoms with Gasteiger partial charge in [-0.05, 0) is 49.2 Å². The zero-order valence-electron chi connectivity index (χ0n) is 12.2. The molecule has 1 aliphatic heterocycles. The molecule has 0 unspecified atom stereocenters. The number of carbonyl (C=O) groups excluding carboxylic acids is 1. The minimum atomic E-state index is -0.616. The number of nitrogens with one attached hydrogen (secondary N) is 1. The summed E-state index contributed by atoms with van der Waals surface area (Å²) in [6.45, 7) is 3.81. The third-order valence-electron chi connectivity index (χ3n) is 3.76. The fraction of sp³-hybridized carbons (Fsp3) is 0.235. The van der Waals surface area contributed by atoms with E-state index in [1.165, 1.54) is 12.1 Å². The molecule has 3 nitrogen and oxygen atoms in total. The number of hydrogen-bond acceptors (Lipinski definition) is 2. The molecule has 0 radical (unpaired) electrons. The van der Waals surface area contributed by atoms with Crippen LogP contribution >= 0.6 is 11.6 Å². The Bertz CT molecular complexity index is 758. The fourth-order valence-electron chi connectivity index (χ4n) is 2.52. The monoisotopic (exact) mass is 319 g/mol. The standard InChI is InChI=1S/C17H15ClFNO2/c1-17(2)12-7-10(11-3-5-13(18)14(19)8-11)4-6-15(12)20-16(21)9-22-17/h3-8H,9H2,1-2H3,(H,20,21). The number of halogens is 2. The normalized spacial score (nSPS) is 16.6. The maximum Gasteiger partial charge on any atom is 0.250 e. The van der Waals surface area contributed by atoms with Gasteiger partial charge in [-0.15, -0.1) is 0 Å². The van der Waals surface area contributed by atoms with Gasteiger partial charge in [0.1, 0.15) is 12.4 Å². The van der Waals surface area contributed by atoms with E-state index in [-0.39, 0.29) is 17.5 Å². The first-order valence-electron chi connectivity index (χ1n) is 6.90. The van der Waals surface area contributed by atoms with Gasteiger partial charge in [-0.25, -0.2) is 4.39 Å². The molecule has 1 aliphatic rings. The summed E-state index contributed by atoms with van der Waals surface area (Å²) in [6.07, 6.45) is 0. The predicted octanol–water partition coefficient (Wildman–Crippen LogP) is 4.35. The van der Waals surface area contributed by atoms with Gasteiger partial charge in [0.15, 0.2) is 0 Å². The zero-order valence-corrected chi connectivity index (χ0v) is 13.0. The van der Waals surface area contributed by atoms with Crippen molar-refractivity contribution in [2.75, 3.05) is 11.9 Å². The second kappa shape index (κ2) is 5.38. The Morgan fingerprint density at radius 3 is 2.59 bits per heavy atom. The number of amides is 1. The fourth-order valence-corrected chi connectivity index (χ4v) is 2.63. The average Bonchev–Trinajstić information content (AvgIpc) is 2.59. The van der Waals surface area contributed by atoms with Gasteiger partial charge in [0.2, 0.25) is 5.91 Å². The van der Waals surface area contributed by atoms with E-state index in [1.807, 2.05) is 32.0 Å². The van der Waals surface area contributed by atoms with Gasteiger partial charge < -0.3 is 10.1 Å². The molecule has 1 heterocycles. The van der Waals surface area contributed by atoms with Crippen molar-refractivity contribution in [3.05, 3.63) is 52.8 Å². The first kappa shape index (κ1) is 15.0. The quantitative estimate of drug-likeness (QED) is 0.848. The van der Waals surface area contributed by atoms with Crippen LogP contribution in [0.3, 0.4) is 0 Å². The smallest absolute Gasteiger partial charge is 0.250 e. The number of ether oxygens (including phenoxy) is 1. The Morgan fingerprint density at radius 2 is 1.86 bits per heavy atom. The lowest BCUT2D eigenvalue weighted by molar-refractivity contribution is -0.125. The molecule has 1 N–H and O–H groups in total. The molecule has 0 atom stereocenters. The number of carbonyl (C=O) groups is 1. The lowest BCUT2D eigenvalue weighted by Gasteiger charge is -2.25. The molecule has 114 valence electrons. The Labute approximate surface area is 133 Å². The SMILES string of the molecule is CC1(C)OCC(=O)Nc2ccc(-c3ccc(Cl)c(F)c3)cc21. The summed E-state index contributed by atoms with van der Waals surface area (Å²) >= 11 is 5.72. The van der Waals surface area contributed by atoms with Crippen molar-refractivity contribution < 1.29 is 13.9 Å². The summed E-state index contributed by atoms with van der Waals surface area (Å²) in [5.41, 5.74) is 2.50. The minimum Gasteiger partial charge on any atom is -0.361 e. The molecule has 0 aromatic heterocycles. The van der Waals surface area contributed by atoms with Crippen LogP contribution in [0.25, 0.3) is 11.1 Å². The van der Waals surface area contributed by atoms with Crippen LogP contribution in [0, 0.1) is 5.82 Å². The predicted molar refractivity (Wildman–Crippen MR) is 84.5 cm³/mol. The van der Waals surface area contributed by atoms with Crippen LogP contribution < -0.4 is 5.32 Å². The average molecular weight is 320 g/mol. The largest absolute Gasteiger partial charge is 0.361 e. The van der Waals surface area contributed by atoms with Gasteiger partial charge in [-0.1, -0.05) is 23.7 Å². The summed E-state index contributed by atoms with van der Waals surface area (Å²) in [7, 11) is 0.